The first-order valence-corrected chi connectivity index (χ1v) is 1.68. The third kappa shape index (κ3) is 21.5. The van der Waals surface area contributed by atoms with E-state index < -0.39 is 11.2 Å². The Morgan fingerprint density at radius 3 is 2.00 bits per heavy atom. The van der Waals surface area contributed by atoms with Crippen molar-refractivity contribution < 1.29 is 19.8 Å². The van der Waals surface area contributed by atoms with Gasteiger partial charge in [-0.2, -0.15) is 4.84 Å². The predicted molar refractivity (Wildman–Crippen MR) is 27.4 cm³/mol. The summed E-state index contributed by atoms with van der Waals surface area (Å²) in [6.07, 6.45) is -1.91. The zero-order chi connectivity index (χ0) is 7.86. The zero-order valence-corrected chi connectivity index (χ0v) is 4.44. The van der Waals surface area contributed by atoms with E-state index in [0.29, 0.717) is 0 Å². The van der Waals surface area contributed by atoms with Crippen LogP contribution in [0.5, 0.6) is 0 Å². The SMILES string of the molecule is C=C.O=C(O)O[N+](=O)[O-]. The second-order valence-electron chi connectivity index (χ2n) is 0.581. The number of carboxylic acid groups (broad SMARTS) is 1. The van der Waals surface area contributed by atoms with Crippen LogP contribution in [0, 0.1) is 10.1 Å². The molecule has 0 amide bonds. The molecule has 0 unspecified atom stereocenters. The largest absolute Gasteiger partial charge is 0.484 e. The minimum absolute atomic E-state index is 1.40. The summed E-state index contributed by atoms with van der Waals surface area (Å²) in [4.78, 5) is 21.0. The number of carbonyl (C=O) groups is 1. The number of hydrogen-bond donors (Lipinski definition) is 1. The van der Waals surface area contributed by atoms with E-state index in [1.807, 2.05) is 0 Å². The first kappa shape index (κ1) is 10.4. The maximum Gasteiger partial charge on any atom is 0.484 e. The van der Waals surface area contributed by atoms with Gasteiger partial charge in [-0.3, -0.25) is 0 Å². The van der Waals surface area contributed by atoms with Gasteiger partial charge in [-0.05, 0) is 0 Å². The highest BCUT2D eigenvalue weighted by Gasteiger charge is 1.99. The van der Waals surface area contributed by atoms with E-state index in [1.54, 1.807) is 0 Å². The lowest BCUT2D eigenvalue weighted by molar-refractivity contribution is -0.730. The van der Waals surface area contributed by atoms with Gasteiger partial charge >= 0.3 is 11.2 Å². The molecule has 0 saturated carbocycles. The molecule has 0 aliphatic rings. The van der Waals surface area contributed by atoms with Gasteiger partial charge in [-0.15, -0.1) is 23.3 Å². The fraction of sp³-hybridized carbons (Fsp3) is 0. The van der Waals surface area contributed by atoms with Crippen molar-refractivity contribution in [2.45, 2.75) is 0 Å². The van der Waals surface area contributed by atoms with Crippen molar-refractivity contribution in [2.24, 2.45) is 0 Å². The Morgan fingerprint density at radius 2 is 2.00 bits per heavy atom. The van der Waals surface area contributed by atoms with Gasteiger partial charge in [-0.1, -0.05) is 0 Å². The monoisotopic (exact) mass is 135 g/mol. The fourth-order valence-corrected chi connectivity index (χ4v) is 0.0638. The second-order valence-corrected chi connectivity index (χ2v) is 0.581. The minimum Gasteiger partial charge on any atom is -0.461 e. The van der Waals surface area contributed by atoms with Crippen molar-refractivity contribution in [2.75, 3.05) is 0 Å². The van der Waals surface area contributed by atoms with Gasteiger partial charge in [0.2, 0.25) is 0 Å². The smallest absolute Gasteiger partial charge is 0.461 e. The molecular weight excluding hydrogens is 130 g/mol. The van der Waals surface area contributed by atoms with Gasteiger partial charge in [0, 0.05) is 0 Å². The molecule has 0 spiro atoms. The molecule has 0 atom stereocenters. The van der Waals surface area contributed by atoms with Gasteiger partial charge in [0.15, 0.2) is 0 Å². The second kappa shape index (κ2) is 6.41. The molecule has 52 valence electrons. The van der Waals surface area contributed by atoms with Crippen LogP contribution in [0.1, 0.15) is 0 Å². The summed E-state index contributed by atoms with van der Waals surface area (Å²) in [7, 11) is 0. The normalized spacial score (nSPS) is 6.22. The molecule has 0 aliphatic heterocycles. The quantitative estimate of drug-likeness (QED) is 0.324. The molecule has 0 aliphatic carbocycles. The van der Waals surface area contributed by atoms with Gasteiger partial charge < -0.3 is 5.11 Å². The third-order valence-electron chi connectivity index (χ3n) is 0.153. The van der Waals surface area contributed by atoms with Crippen molar-refractivity contribution in [1.82, 2.24) is 0 Å². The van der Waals surface area contributed by atoms with E-state index in [4.69, 9.17) is 20.0 Å². The summed E-state index contributed by atoms with van der Waals surface area (Å²) in [6.45, 7) is 6.00. The Kier molecular flexibility index (Phi) is 7.41. The van der Waals surface area contributed by atoms with Crippen molar-refractivity contribution in [3.05, 3.63) is 23.3 Å². The number of hydrogen-bond acceptors (Lipinski definition) is 4. The lowest BCUT2D eigenvalue weighted by Crippen LogP contribution is -2.05. The molecule has 6 nitrogen and oxygen atoms in total. The third-order valence-corrected chi connectivity index (χ3v) is 0.153. The van der Waals surface area contributed by atoms with Crippen molar-refractivity contribution in [3.63, 3.8) is 0 Å². The van der Waals surface area contributed by atoms with Gasteiger partial charge in [0.1, 0.15) is 0 Å². The van der Waals surface area contributed by atoms with E-state index in [9.17, 15) is 0 Å². The predicted octanol–water partition coefficient (Wildman–Crippen LogP) is 0.675. The van der Waals surface area contributed by atoms with E-state index in [1.165, 1.54) is 0 Å². The highest BCUT2D eigenvalue weighted by molar-refractivity contribution is 5.55. The standard InChI is InChI=1S/C2H4.CHNO5/c1-2;3-1(4)7-2(5)6/h1-2H2;(H,3,4). The maximum absolute atomic E-state index is 9.15. The Morgan fingerprint density at radius 1 is 1.67 bits per heavy atom. The number of rotatable bonds is 1. The molecule has 0 heterocycles. The summed E-state index contributed by atoms with van der Waals surface area (Å²) < 4.78 is 0. The average Bonchev–Trinajstić information content (AvgIpc) is 1.68. The fourth-order valence-electron chi connectivity index (χ4n) is 0.0638. The molecule has 9 heavy (non-hydrogen) atoms. The zero-order valence-electron chi connectivity index (χ0n) is 4.44. The van der Waals surface area contributed by atoms with Crippen molar-refractivity contribution >= 4 is 6.16 Å². The van der Waals surface area contributed by atoms with Gasteiger partial charge in [-0.25, -0.2) is 4.79 Å². The van der Waals surface area contributed by atoms with E-state index in [0.717, 1.165) is 0 Å². The van der Waals surface area contributed by atoms with Crippen LogP contribution < -0.4 is 0 Å². The van der Waals surface area contributed by atoms with Gasteiger partial charge in [0.05, 0.1) is 0 Å². The van der Waals surface area contributed by atoms with Crippen LogP contribution in [-0.2, 0) is 4.84 Å². The lowest BCUT2D eigenvalue weighted by atomic mass is 11.3. The van der Waals surface area contributed by atoms with Crippen LogP contribution in [0.3, 0.4) is 0 Å². The van der Waals surface area contributed by atoms with Crippen molar-refractivity contribution in [3.8, 4) is 0 Å². The molecule has 1 N–H and O–H groups in total. The summed E-state index contributed by atoms with van der Waals surface area (Å²) in [6, 6.07) is 0. The first-order chi connectivity index (χ1) is 4.13. The van der Waals surface area contributed by atoms with Crippen LogP contribution in [0.4, 0.5) is 4.79 Å². The van der Waals surface area contributed by atoms with E-state index in [-0.39, 0.29) is 0 Å². The highest BCUT2D eigenvalue weighted by Crippen LogP contribution is 1.72. The van der Waals surface area contributed by atoms with Gasteiger partial charge in [0.25, 0.3) is 0 Å². The Labute approximate surface area is 50.5 Å². The Balaban J connectivity index is 0. The molecule has 0 aromatic rings. The first-order valence-electron chi connectivity index (χ1n) is 1.68. The van der Waals surface area contributed by atoms with Crippen LogP contribution in [0.25, 0.3) is 0 Å². The Bertz CT molecular complexity index is 98.8. The highest BCUT2D eigenvalue weighted by atomic mass is 17.0. The molecule has 0 bridgehead atoms. The Hall–Kier alpha value is -1.59. The van der Waals surface area contributed by atoms with E-state index in [2.05, 4.69) is 18.0 Å². The summed E-state index contributed by atoms with van der Waals surface area (Å²) >= 11 is 0. The van der Waals surface area contributed by atoms with Crippen LogP contribution in [-0.4, -0.2) is 16.3 Å². The van der Waals surface area contributed by atoms with Crippen molar-refractivity contribution in [1.29, 1.82) is 0 Å². The van der Waals surface area contributed by atoms with Crippen LogP contribution in [0.2, 0.25) is 0 Å². The minimum atomic E-state index is -1.91. The molecule has 0 saturated heterocycles. The van der Waals surface area contributed by atoms with E-state index >= 15 is 0 Å². The molecule has 6 heteroatoms. The summed E-state index contributed by atoms with van der Waals surface area (Å²) in [5.41, 5.74) is 0. The molecule has 0 fully saturated rings. The molecular formula is C3H5NO5. The number of nitrogens with zero attached hydrogens (tertiary/aromatic N) is 1. The summed E-state index contributed by atoms with van der Waals surface area (Å²) in [5, 5.41) is 15.0. The molecule has 0 radical (unpaired) electrons. The maximum atomic E-state index is 9.15. The average molecular weight is 135 g/mol. The molecule has 0 rings (SSSR count). The summed E-state index contributed by atoms with van der Waals surface area (Å²) in [5.74, 6) is 0. The van der Waals surface area contributed by atoms with Crippen LogP contribution in [0.15, 0.2) is 13.2 Å². The molecule has 0 aromatic heterocycles. The van der Waals surface area contributed by atoms with Crippen LogP contribution >= 0.6 is 0 Å². The lowest BCUT2D eigenvalue weighted by Gasteiger charge is -1.81. The molecule has 0 aromatic carbocycles. The topological polar surface area (TPSA) is 89.7 Å².